The van der Waals surface area contributed by atoms with Crippen LogP contribution < -0.4 is 15.5 Å². The normalized spacial score (nSPS) is 17.5. The summed E-state index contributed by atoms with van der Waals surface area (Å²) in [6.45, 7) is 8.22. The molecule has 1 aromatic carbocycles. The number of benzene rings is 1. The Morgan fingerprint density at radius 1 is 1.08 bits per heavy atom. The van der Waals surface area contributed by atoms with Crippen molar-refractivity contribution in [2.24, 2.45) is 11.1 Å². The van der Waals surface area contributed by atoms with Crippen LogP contribution in [0.3, 0.4) is 0 Å². The summed E-state index contributed by atoms with van der Waals surface area (Å²) in [6, 6.07) is 8.57. The number of rotatable bonds is 5. The molecule has 0 fully saturated rings. The van der Waals surface area contributed by atoms with Crippen molar-refractivity contribution in [2.45, 2.75) is 27.7 Å². The number of hydrogen-bond donors (Lipinski definition) is 1. The largest absolute Gasteiger partial charge is 0.402 e. The van der Waals surface area contributed by atoms with Crippen LogP contribution in [0, 0.1) is 5.41 Å². The van der Waals surface area contributed by atoms with Crippen molar-refractivity contribution in [3.8, 4) is 0 Å². The van der Waals surface area contributed by atoms with Crippen LogP contribution in [-0.4, -0.2) is 0 Å². The minimum atomic E-state index is -0.140. The Bertz CT molecular complexity index is 950. The number of allylic oxidation sites excluding steroid dienone is 8. The van der Waals surface area contributed by atoms with Gasteiger partial charge >= 0.3 is 0 Å². The Balaban J connectivity index is 2.45. The molecule has 0 aliphatic carbocycles. The quantitative estimate of drug-likeness (QED) is 0.594. The maximum Gasteiger partial charge on any atom is 0.0355 e. The van der Waals surface area contributed by atoms with Gasteiger partial charge in [0.2, 0.25) is 0 Å². The lowest BCUT2D eigenvalue weighted by atomic mass is 9.89. The second-order valence-corrected chi connectivity index (χ2v) is 7.41. The molecule has 1 aromatic heterocycles. The summed E-state index contributed by atoms with van der Waals surface area (Å²) in [5.74, 6) is 0. The van der Waals surface area contributed by atoms with Gasteiger partial charge in [-0.3, -0.25) is 0 Å². The van der Waals surface area contributed by atoms with E-state index in [1.807, 2.05) is 37.3 Å². The first kappa shape index (κ1) is 19.0. The van der Waals surface area contributed by atoms with Crippen molar-refractivity contribution in [1.29, 1.82) is 0 Å². The molecule has 2 rings (SSSR count). The van der Waals surface area contributed by atoms with Crippen LogP contribution in [-0.2, 0) is 0 Å². The van der Waals surface area contributed by atoms with Gasteiger partial charge in [-0.05, 0) is 45.1 Å². The molecule has 0 amide bonds. The molecule has 25 heavy (non-hydrogen) atoms. The fourth-order valence-electron chi connectivity index (χ4n) is 2.76. The lowest BCUT2D eigenvalue weighted by molar-refractivity contribution is 0.716. The molecule has 1 nitrogen and oxygen atoms in total. The van der Waals surface area contributed by atoms with Crippen LogP contribution in [0.5, 0.6) is 0 Å². The molecule has 0 saturated carbocycles. The maximum absolute atomic E-state index is 5.71. The van der Waals surface area contributed by atoms with Crippen LogP contribution in [0.4, 0.5) is 0 Å². The summed E-state index contributed by atoms with van der Waals surface area (Å²) in [7, 11) is 0. The topological polar surface area (TPSA) is 26.0 Å². The van der Waals surface area contributed by atoms with Crippen molar-refractivity contribution < 1.29 is 0 Å². The van der Waals surface area contributed by atoms with Crippen molar-refractivity contribution in [1.82, 2.24) is 0 Å². The van der Waals surface area contributed by atoms with Gasteiger partial charge in [-0.25, -0.2) is 0 Å². The molecule has 2 heteroatoms. The second kappa shape index (κ2) is 8.68. The van der Waals surface area contributed by atoms with Crippen LogP contribution in [0.1, 0.15) is 27.7 Å². The molecule has 0 radical (unpaired) electrons. The third kappa shape index (κ3) is 5.07. The summed E-state index contributed by atoms with van der Waals surface area (Å²) in [5.41, 5.74) is 6.38. The van der Waals surface area contributed by atoms with Gasteiger partial charge in [0.1, 0.15) is 0 Å². The third-order valence-electron chi connectivity index (χ3n) is 3.98. The maximum atomic E-state index is 5.71. The molecule has 1 atom stereocenters. The average Bonchev–Trinajstić information content (AvgIpc) is 2.93. The number of hydrogen-bond acceptors (Lipinski definition) is 2. The smallest absolute Gasteiger partial charge is 0.0355 e. The zero-order valence-corrected chi connectivity index (χ0v) is 16.3. The summed E-state index contributed by atoms with van der Waals surface area (Å²) >= 11 is 1.84. The number of nitrogens with two attached hydrogens (primary N) is 1. The van der Waals surface area contributed by atoms with E-state index in [1.165, 1.54) is 19.8 Å². The highest BCUT2D eigenvalue weighted by Crippen LogP contribution is 2.23. The first-order valence-corrected chi connectivity index (χ1v) is 9.39. The molecule has 2 aromatic rings. The Hall–Kier alpha value is -2.32. The van der Waals surface area contributed by atoms with E-state index in [9.17, 15) is 0 Å². The van der Waals surface area contributed by atoms with Crippen LogP contribution in [0.15, 0.2) is 72.5 Å². The Kier molecular flexibility index (Phi) is 6.60. The van der Waals surface area contributed by atoms with E-state index < -0.39 is 0 Å². The van der Waals surface area contributed by atoms with Gasteiger partial charge in [-0.1, -0.05) is 66.8 Å². The molecule has 0 bridgehead atoms. The minimum absolute atomic E-state index is 0.140. The van der Waals surface area contributed by atoms with Crippen molar-refractivity contribution >= 4 is 33.6 Å². The SMILES string of the molecule is C/C=C\C(C)(/C=C\C=C(/C)N)/C=C/C=c1\c(=C/C)sc2ccccc12. The van der Waals surface area contributed by atoms with E-state index in [-0.39, 0.29) is 5.41 Å². The van der Waals surface area contributed by atoms with Crippen molar-refractivity contribution in [3.63, 3.8) is 0 Å². The molecule has 130 valence electrons. The van der Waals surface area contributed by atoms with Gasteiger partial charge < -0.3 is 5.73 Å². The first-order chi connectivity index (χ1) is 12.0. The molecular formula is C23H27NS. The fraction of sp³-hybridized carbons (Fsp3) is 0.217. The second-order valence-electron chi connectivity index (χ2n) is 6.33. The zero-order chi connectivity index (χ0) is 18.3. The molecule has 0 aliphatic heterocycles. The number of fused-ring (bicyclic) bond motifs is 1. The Morgan fingerprint density at radius 2 is 1.80 bits per heavy atom. The average molecular weight is 350 g/mol. The van der Waals surface area contributed by atoms with Gasteiger partial charge in [0, 0.05) is 25.7 Å². The Labute approximate surface area is 154 Å². The fourth-order valence-corrected chi connectivity index (χ4v) is 3.83. The molecular weight excluding hydrogens is 322 g/mol. The lowest BCUT2D eigenvalue weighted by Gasteiger charge is -2.16. The third-order valence-corrected chi connectivity index (χ3v) is 5.23. The van der Waals surface area contributed by atoms with E-state index in [4.69, 9.17) is 5.73 Å². The van der Waals surface area contributed by atoms with E-state index in [2.05, 4.69) is 80.6 Å². The molecule has 0 saturated heterocycles. The summed E-state index contributed by atoms with van der Waals surface area (Å²) in [4.78, 5) is 0. The van der Waals surface area contributed by atoms with Crippen molar-refractivity contribution in [2.75, 3.05) is 0 Å². The zero-order valence-electron chi connectivity index (χ0n) is 15.5. The Morgan fingerprint density at radius 3 is 2.48 bits per heavy atom. The van der Waals surface area contributed by atoms with Crippen molar-refractivity contribution in [3.05, 3.63) is 82.2 Å². The van der Waals surface area contributed by atoms with Gasteiger partial charge in [0.15, 0.2) is 0 Å². The highest BCUT2D eigenvalue weighted by molar-refractivity contribution is 7.17. The van der Waals surface area contributed by atoms with Gasteiger partial charge in [-0.15, -0.1) is 11.3 Å². The monoisotopic (exact) mass is 349 g/mol. The molecule has 1 heterocycles. The molecule has 2 N–H and O–H groups in total. The van der Waals surface area contributed by atoms with Crippen LogP contribution in [0.25, 0.3) is 22.2 Å². The van der Waals surface area contributed by atoms with E-state index >= 15 is 0 Å². The highest BCUT2D eigenvalue weighted by Gasteiger charge is 2.11. The summed E-state index contributed by atoms with van der Waals surface area (Å²) in [6.07, 6.45) is 19.1. The highest BCUT2D eigenvalue weighted by atomic mass is 32.1. The number of thiophene rings is 1. The first-order valence-electron chi connectivity index (χ1n) is 8.58. The van der Waals surface area contributed by atoms with E-state index in [0.717, 1.165) is 5.70 Å². The molecule has 1 unspecified atom stereocenters. The standard InChI is InChI=1S/C23H27NS/c1-5-15-23(4,16-9-11-18(3)24)17-10-13-19-20-12-7-8-14-22(20)25-21(19)6-2/h5-17H,24H2,1-4H3/b15-5-,16-9-,17-10+,18-11+,19-13-,21-6+. The van der Waals surface area contributed by atoms with E-state index in [1.54, 1.807) is 0 Å². The summed E-state index contributed by atoms with van der Waals surface area (Å²) < 4.78 is 2.64. The summed E-state index contributed by atoms with van der Waals surface area (Å²) in [5, 5.41) is 2.61. The van der Waals surface area contributed by atoms with Gasteiger partial charge in [0.25, 0.3) is 0 Å². The van der Waals surface area contributed by atoms with Crippen LogP contribution >= 0.6 is 11.3 Å². The molecule has 0 spiro atoms. The minimum Gasteiger partial charge on any atom is -0.402 e. The predicted molar refractivity (Wildman–Crippen MR) is 115 cm³/mol. The van der Waals surface area contributed by atoms with E-state index in [0.29, 0.717) is 0 Å². The van der Waals surface area contributed by atoms with Gasteiger partial charge in [-0.2, -0.15) is 0 Å². The van der Waals surface area contributed by atoms with Gasteiger partial charge in [0.05, 0.1) is 0 Å². The lowest BCUT2D eigenvalue weighted by Crippen LogP contribution is -2.17. The predicted octanol–water partition coefficient (Wildman–Crippen LogP) is 5.04. The molecule has 0 aliphatic rings. The van der Waals surface area contributed by atoms with Crippen LogP contribution in [0.2, 0.25) is 0 Å².